The van der Waals surface area contributed by atoms with Crippen LogP contribution in [-0.4, -0.2) is 70.2 Å². The number of nitrogens with two attached hydrogens (primary N) is 1. The maximum atomic E-state index is 14.2. The lowest BCUT2D eigenvalue weighted by atomic mass is 9.99. The van der Waals surface area contributed by atoms with E-state index in [4.69, 9.17) is 15.8 Å². The predicted molar refractivity (Wildman–Crippen MR) is 179 cm³/mol. The summed E-state index contributed by atoms with van der Waals surface area (Å²) < 4.78 is 1.01. The Bertz CT molecular complexity index is 1680. The first-order valence-electron chi connectivity index (χ1n) is 14.8. The van der Waals surface area contributed by atoms with Gasteiger partial charge < -0.3 is 25.7 Å². The first-order valence-corrected chi connectivity index (χ1v) is 16.3. The van der Waals surface area contributed by atoms with Crippen molar-refractivity contribution in [1.29, 1.82) is 5.26 Å². The van der Waals surface area contributed by atoms with Crippen LogP contribution in [0.4, 0.5) is 16.2 Å². The van der Waals surface area contributed by atoms with Crippen LogP contribution in [0.1, 0.15) is 47.7 Å². The van der Waals surface area contributed by atoms with Gasteiger partial charge in [-0.25, -0.2) is 4.79 Å². The fourth-order valence-electron chi connectivity index (χ4n) is 5.71. The number of para-hydroxylation sites is 1. The van der Waals surface area contributed by atoms with Crippen molar-refractivity contribution in [1.82, 2.24) is 14.9 Å². The number of piperidine rings is 1. The second kappa shape index (κ2) is 14.3. The number of amides is 4. The summed E-state index contributed by atoms with van der Waals surface area (Å²) in [5.74, 6) is -1.20. The number of hydroxylamine groups is 2. The van der Waals surface area contributed by atoms with Gasteiger partial charge in [-0.3, -0.25) is 14.4 Å². The highest BCUT2D eigenvalue weighted by Crippen LogP contribution is 2.31. The molecule has 1 atom stereocenters. The zero-order chi connectivity index (χ0) is 33.0. The molecule has 0 aromatic heterocycles. The van der Waals surface area contributed by atoms with Crippen LogP contribution in [0.3, 0.4) is 0 Å². The van der Waals surface area contributed by atoms with E-state index >= 15 is 0 Å². The third kappa shape index (κ3) is 7.35. The van der Waals surface area contributed by atoms with Crippen LogP contribution in [0.15, 0.2) is 69.6 Å². The Balaban J connectivity index is 1.35. The topological polar surface area (TPSA) is 149 Å². The molecule has 1 unspecified atom stereocenters. The van der Waals surface area contributed by atoms with Gasteiger partial charge in [0, 0.05) is 59.2 Å². The number of fused-ring (bicyclic) bond motifs is 1. The molecule has 3 N–H and O–H groups in total. The minimum absolute atomic E-state index is 0.0817. The number of nitrogens with zero attached hydrogens (tertiary/aromatic N) is 4. The van der Waals surface area contributed by atoms with Gasteiger partial charge >= 0.3 is 6.03 Å². The molecule has 4 amide bonds. The Labute approximate surface area is 283 Å². The van der Waals surface area contributed by atoms with Crippen LogP contribution in [0, 0.1) is 11.3 Å². The SMILES string of the molecule is CC(=O)N(Oc1ccc(C#N)cc1)C(CC(=O)c1cc(Br)c(N)c(Br)c1)C(=O)N1CCC(N2CCc3ccccc3NC2=O)CC1. The Morgan fingerprint density at radius 1 is 1.07 bits per heavy atom. The average molecular weight is 752 g/mol. The lowest BCUT2D eigenvalue weighted by Gasteiger charge is -2.40. The molecule has 2 aliphatic heterocycles. The molecule has 5 rings (SSSR count). The van der Waals surface area contributed by atoms with E-state index in [-0.39, 0.29) is 24.2 Å². The highest BCUT2D eigenvalue weighted by Gasteiger charge is 2.39. The summed E-state index contributed by atoms with van der Waals surface area (Å²) in [6.45, 7) is 2.47. The van der Waals surface area contributed by atoms with E-state index in [0.717, 1.165) is 22.7 Å². The second-order valence-corrected chi connectivity index (χ2v) is 12.9. The third-order valence-electron chi connectivity index (χ3n) is 8.20. The van der Waals surface area contributed by atoms with Gasteiger partial charge in [0.2, 0.25) is 5.91 Å². The van der Waals surface area contributed by atoms with Gasteiger partial charge in [-0.2, -0.15) is 10.3 Å². The van der Waals surface area contributed by atoms with Gasteiger partial charge in [0.25, 0.3) is 5.91 Å². The Kier molecular flexibility index (Phi) is 10.3. The molecule has 0 aliphatic carbocycles. The normalized spacial score (nSPS) is 15.6. The van der Waals surface area contributed by atoms with E-state index < -0.39 is 23.6 Å². The number of ketones is 1. The summed E-state index contributed by atoms with van der Waals surface area (Å²) in [5, 5.41) is 13.1. The molecule has 0 saturated carbocycles. The molecular weight excluding hydrogens is 720 g/mol. The Morgan fingerprint density at radius 2 is 1.72 bits per heavy atom. The average Bonchev–Trinajstić information content (AvgIpc) is 3.22. The summed E-state index contributed by atoms with van der Waals surface area (Å²) in [6, 6.07) is 17.4. The number of hydrogen-bond donors (Lipinski definition) is 2. The van der Waals surface area contributed by atoms with Gasteiger partial charge in [-0.05, 0) is 99.2 Å². The number of hydrogen-bond acceptors (Lipinski definition) is 7. The number of likely N-dealkylation sites (tertiary alicyclic amines) is 1. The molecule has 3 aromatic carbocycles. The zero-order valence-electron chi connectivity index (χ0n) is 25.0. The third-order valence-corrected chi connectivity index (χ3v) is 9.52. The number of benzene rings is 3. The fraction of sp³-hybridized carbons (Fsp3) is 0.303. The van der Waals surface area contributed by atoms with Crippen LogP contribution in [-0.2, 0) is 16.0 Å². The molecule has 11 nitrogen and oxygen atoms in total. The second-order valence-electron chi connectivity index (χ2n) is 11.2. The van der Waals surface area contributed by atoms with Crippen LogP contribution < -0.4 is 15.9 Å². The van der Waals surface area contributed by atoms with Gasteiger partial charge in [-0.1, -0.05) is 18.2 Å². The number of Topliss-reactive ketones (excluding diaryl/α,β-unsaturated/α-hetero) is 1. The minimum atomic E-state index is -1.29. The van der Waals surface area contributed by atoms with Crippen molar-refractivity contribution in [2.24, 2.45) is 0 Å². The van der Waals surface area contributed by atoms with E-state index in [2.05, 4.69) is 37.2 Å². The minimum Gasteiger partial charge on any atom is -0.397 e. The monoisotopic (exact) mass is 750 g/mol. The lowest BCUT2D eigenvalue weighted by molar-refractivity contribution is -0.173. The van der Waals surface area contributed by atoms with Crippen LogP contribution >= 0.6 is 31.9 Å². The number of nitriles is 1. The number of anilines is 2. The molecule has 0 spiro atoms. The number of carbonyl (C=O) groups is 4. The van der Waals surface area contributed by atoms with E-state index in [1.165, 1.54) is 31.2 Å². The largest absolute Gasteiger partial charge is 0.397 e. The van der Waals surface area contributed by atoms with E-state index in [0.29, 0.717) is 58.2 Å². The van der Waals surface area contributed by atoms with Gasteiger partial charge in [-0.15, -0.1) is 0 Å². The molecule has 1 fully saturated rings. The summed E-state index contributed by atoms with van der Waals surface area (Å²) >= 11 is 6.72. The zero-order valence-corrected chi connectivity index (χ0v) is 28.2. The lowest BCUT2D eigenvalue weighted by Crippen LogP contribution is -2.56. The molecule has 238 valence electrons. The quantitative estimate of drug-likeness (QED) is 0.175. The van der Waals surface area contributed by atoms with E-state index in [1.807, 2.05) is 35.2 Å². The molecule has 3 aromatic rings. The first-order chi connectivity index (χ1) is 22.0. The maximum absolute atomic E-state index is 14.2. The van der Waals surface area contributed by atoms with Crippen molar-refractivity contribution in [3.8, 4) is 11.8 Å². The van der Waals surface area contributed by atoms with E-state index in [1.54, 1.807) is 17.0 Å². The molecule has 13 heteroatoms. The van der Waals surface area contributed by atoms with Gasteiger partial charge in [0.05, 0.1) is 17.3 Å². The Morgan fingerprint density at radius 3 is 2.35 bits per heavy atom. The predicted octanol–water partition coefficient (Wildman–Crippen LogP) is 5.53. The van der Waals surface area contributed by atoms with Crippen molar-refractivity contribution in [3.05, 3.63) is 86.3 Å². The number of halogens is 2. The molecule has 1 saturated heterocycles. The summed E-state index contributed by atoms with van der Waals surface area (Å²) in [5.41, 5.74) is 9.00. The molecule has 46 heavy (non-hydrogen) atoms. The van der Waals surface area contributed by atoms with Crippen LogP contribution in [0.5, 0.6) is 5.75 Å². The summed E-state index contributed by atoms with van der Waals surface area (Å²) in [4.78, 5) is 63.2. The van der Waals surface area contributed by atoms with Crippen molar-refractivity contribution in [2.45, 2.75) is 44.7 Å². The maximum Gasteiger partial charge on any atom is 0.322 e. The summed E-state index contributed by atoms with van der Waals surface area (Å²) in [6.07, 6.45) is 1.43. The van der Waals surface area contributed by atoms with E-state index in [9.17, 15) is 19.2 Å². The van der Waals surface area contributed by atoms with Crippen LogP contribution in [0.2, 0.25) is 0 Å². The van der Waals surface area contributed by atoms with Crippen molar-refractivity contribution in [3.63, 3.8) is 0 Å². The van der Waals surface area contributed by atoms with Crippen molar-refractivity contribution >= 4 is 66.9 Å². The Hall–Kier alpha value is -4.41. The van der Waals surface area contributed by atoms with Crippen molar-refractivity contribution in [2.75, 3.05) is 30.7 Å². The summed E-state index contributed by atoms with van der Waals surface area (Å²) in [7, 11) is 0. The highest BCUT2D eigenvalue weighted by molar-refractivity contribution is 9.11. The molecular formula is C33H32Br2N6O5. The number of nitrogens with one attached hydrogen (secondary N) is 1. The number of urea groups is 1. The van der Waals surface area contributed by atoms with Crippen molar-refractivity contribution < 1.29 is 24.0 Å². The van der Waals surface area contributed by atoms with Crippen LogP contribution in [0.25, 0.3) is 0 Å². The molecule has 2 heterocycles. The highest BCUT2D eigenvalue weighted by atomic mass is 79.9. The fourth-order valence-corrected chi connectivity index (χ4v) is 6.89. The van der Waals surface area contributed by atoms with Gasteiger partial charge in [0.1, 0.15) is 0 Å². The smallest absolute Gasteiger partial charge is 0.322 e. The molecule has 0 bridgehead atoms. The van der Waals surface area contributed by atoms with Gasteiger partial charge in [0.15, 0.2) is 17.6 Å². The number of nitrogen functional groups attached to an aromatic ring is 1. The number of carbonyl (C=O) groups excluding carboxylic acids is 4. The first kappa shape index (κ1) is 33.0. The standard InChI is InChI=1S/C33H32Br2N6O5/c1-20(42)41(46-25-8-6-21(19-36)7-9-25)29(18-30(43)23-16-26(34)31(37)27(35)17-23)32(44)39-13-11-24(12-14-39)40-15-10-22-4-2-3-5-28(22)38-33(40)45/h2-9,16-17,24,29H,10-15,18,37H2,1H3,(H,38,45). The molecule has 2 aliphatic rings. The number of rotatable bonds is 8. The molecule has 0 radical (unpaired) electrons.